The van der Waals surface area contributed by atoms with Crippen LogP contribution in [0.1, 0.15) is 41.8 Å². The molecule has 2 aromatic carbocycles. The van der Waals surface area contributed by atoms with Crippen LogP contribution in [-0.2, 0) is 24.3 Å². The Morgan fingerprint density at radius 3 is 2.57 bits per heavy atom. The largest absolute Gasteiger partial charge is 0.352 e. The second kappa shape index (κ2) is 9.30. The minimum absolute atomic E-state index is 0.113. The van der Waals surface area contributed by atoms with Gasteiger partial charge in [-0.15, -0.1) is 11.3 Å². The average molecular weight is 394 g/mol. The number of nitrogens with one attached hydrogen (secondary N) is 1. The molecule has 0 aliphatic carbocycles. The van der Waals surface area contributed by atoms with Gasteiger partial charge in [-0.1, -0.05) is 36.4 Å². The van der Waals surface area contributed by atoms with Crippen LogP contribution in [0.2, 0.25) is 0 Å². The van der Waals surface area contributed by atoms with Crippen molar-refractivity contribution >= 4 is 27.5 Å². The number of nitrogens with zero attached hydrogens (tertiary/aromatic N) is 2. The van der Waals surface area contributed by atoms with Crippen molar-refractivity contribution in [2.75, 3.05) is 13.1 Å². The summed E-state index contributed by atoms with van der Waals surface area (Å²) in [7, 11) is 0. The number of amides is 1. The van der Waals surface area contributed by atoms with Gasteiger partial charge >= 0.3 is 0 Å². The predicted molar refractivity (Wildman–Crippen MR) is 115 cm³/mol. The minimum Gasteiger partial charge on any atom is -0.352 e. The molecule has 1 fully saturated rings. The third kappa shape index (κ3) is 5.18. The maximum absolute atomic E-state index is 12.1. The molecule has 0 unspecified atom stereocenters. The maximum Gasteiger partial charge on any atom is 0.220 e. The molecule has 1 N–H and O–H groups in total. The minimum atomic E-state index is 0.113. The number of rotatable bonds is 8. The first-order chi connectivity index (χ1) is 13.8. The van der Waals surface area contributed by atoms with Gasteiger partial charge in [0.2, 0.25) is 5.91 Å². The first kappa shape index (κ1) is 19.1. The lowest BCUT2D eigenvalue weighted by Gasteiger charge is -2.14. The lowest BCUT2D eigenvalue weighted by molar-refractivity contribution is -0.121. The number of carbonyl (C=O) groups is 1. The van der Waals surface area contributed by atoms with Gasteiger partial charge in [-0.3, -0.25) is 9.69 Å². The van der Waals surface area contributed by atoms with Crippen molar-refractivity contribution < 1.29 is 4.79 Å². The number of carbonyl (C=O) groups excluding carboxylic acids is 1. The molecule has 1 aliphatic heterocycles. The van der Waals surface area contributed by atoms with Gasteiger partial charge in [0.15, 0.2) is 0 Å². The average Bonchev–Trinajstić information content (AvgIpc) is 3.36. The Balaban J connectivity index is 1.17. The van der Waals surface area contributed by atoms with E-state index in [1.807, 2.05) is 18.2 Å². The molecule has 0 radical (unpaired) electrons. The van der Waals surface area contributed by atoms with E-state index < -0.39 is 0 Å². The molecule has 2 heterocycles. The molecule has 0 bridgehead atoms. The van der Waals surface area contributed by atoms with Crippen molar-refractivity contribution in [2.45, 2.75) is 45.2 Å². The number of hydrogen-bond acceptors (Lipinski definition) is 4. The summed E-state index contributed by atoms with van der Waals surface area (Å²) in [4.78, 5) is 19.3. The fourth-order valence-electron chi connectivity index (χ4n) is 3.68. The lowest BCUT2D eigenvalue weighted by atomic mass is 10.1. The van der Waals surface area contributed by atoms with Crippen LogP contribution in [0.3, 0.4) is 0 Å². The predicted octanol–water partition coefficient (Wildman–Crippen LogP) is 4.53. The molecule has 1 saturated heterocycles. The second-order valence-electron chi connectivity index (χ2n) is 7.51. The highest BCUT2D eigenvalue weighted by molar-refractivity contribution is 7.18. The van der Waals surface area contributed by atoms with Crippen LogP contribution in [0.5, 0.6) is 0 Å². The molecule has 28 heavy (non-hydrogen) atoms. The van der Waals surface area contributed by atoms with Crippen LogP contribution in [-0.4, -0.2) is 28.9 Å². The van der Waals surface area contributed by atoms with Crippen LogP contribution >= 0.6 is 11.3 Å². The van der Waals surface area contributed by atoms with E-state index in [0.29, 0.717) is 13.0 Å². The number of thiazole rings is 1. The van der Waals surface area contributed by atoms with Crippen LogP contribution < -0.4 is 5.32 Å². The molecular weight excluding hydrogens is 366 g/mol. The zero-order valence-corrected chi connectivity index (χ0v) is 17.0. The van der Waals surface area contributed by atoms with E-state index in [9.17, 15) is 4.79 Å². The molecule has 0 saturated carbocycles. The molecule has 4 rings (SSSR count). The highest BCUT2D eigenvalue weighted by Crippen LogP contribution is 2.22. The Bertz CT molecular complexity index is 880. The van der Waals surface area contributed by atoms with E-state index in [1.165, 1.54) is 36.2 Å². The molecule has 0 atom stereocenters. The first-order valence-electron chi connectivity index (χ1n) is 10.2. The summed E-state index contributed by atoms with van der Waals surface area (Å²) in [5, 5.41) is 4.15. The zero-order valence-electron chi connectivity index (χ0n) is 16.2. The van der Waals surface area contributed by atoms with Gasteiger partial charge in [0.25, 0.3) is 0 Å². The summed E-state index contributed by atoms with van der Waals surface area (Å²) in [6, 6.07) is 16.8. The number of aromatic nitrogens is 1. The molecule has 3 aromatic rings. The van der Waals surface area contributed by atoms with Crippen LogP contribution in [0.25, 0.3) is 10.2 Å². The third-order valence-corrected chi connectivity index (χ3v) is 6.35. The van der Waals surface area contributed by atoms with Crippen LogP contribution in [0, 0.1) is 0 Å². The second-order valence-corrected chi connectivity index (χ2v) is 8.62. The summed E-state index contributed by atoms with van der Waals surface area (Å²) in [6.45, 7) is 4.08. The van der Waals surface area contributed by atoms with Crippen LogP contribution in [0.4, 0.5) is 0 Å². The molecule has 4 nitrogen and oxygen atoms in total. The molecule has 0 spiro atoms. The molecular formula is C23H27N3OS. The standard InChI is InChI=1S/C23H27N3OS/c27-22(8-5-9-23-25-20-6-1-2-7-21(20)28-23)24-16-18-10-12-19(13-11-18)17-26-14-3-4-15-26/h1-2,6-7,10-13H,3-5,8-9,14-17H2,(H,24,27). The maximum atomic E-state index is 12.1. The fourth-order valence-corrected chi connectivity index (χ4v) is 4.69. The number of fused-ring (bicyclic) bond motifs is 1. The summed E-state index contributed by atoms with van der Waals surface area (Å²) in [6.07, 6.45) is 4.88. The highest BCUT2D eigenvalue weighted by Gasteiger charge is 2.11. The van der Waals surface area contributed by atoms with Gasteiger partial charge in [0.05, 0.1) is 15.2 Å². The Labute approximate surface area is 170 Å². The first-order valence-corrected chi connectivity index (χ1v) is 11.0. The molecule has 146 valence electrons. The Kier molecular flexibility index (Phi) is 6.34. The summed E-state index contributed by atoms with van der Waals surface area (Å²) in [5.41, 5.74) is 3.57. The lowest BCUT2D eigenvalue weighted by Crippen LogP contribution is -2.22. The van der Waals surface area contributed by atoms with Crippen molar-refractivity contribution in [1.82, 2.24) is 15.2 Å². The van der Waals surface area contributed by atoms with E-state index >= 15 is 0 Å². The van der Waals surface area contributed by atoms with Crippen molar-refractivity contribution in [3.8, 4) is 0 Å². The molecule has 5 heteroatoms. The van der Waals surface area contributed by atoms with Crippen molar-refractivity contribution in [1.29, 1.82) is 0 Å². The van der Waals surface area contributed by atoms with Crippen molar-refractivity contribution in [3.63, 3.8) is 0 Å². The van der Waals surface area contributed by atoms with E-state index in [2.05, 4.69) is 45.5 Å². The molecule has 1 aliphatic rings. The van der Waals surface area contributed by atoms with E-state index in [1.54, 1.807) is 11.3 Å². The summed E-state index contributed by atoms with van der Waals surface area (Å²) >= 11 is 1.73. The Morgan fingerprint density at radius 1 is 1.04 bits per heavy atom. The van der Waals surface area contributed by atoms with Gasteiger partial charge in [0.1, 0.15) is 0 Å². The highest BCUT2D eigenvalue weighted by atomic mass is 32.1. The van der Waals surface area contributed by atoms with E-state index in [0.717, 1.165) is 35.5 Å². The normalized spacial score (nSPS) is 14.6. The smallest absolute Gasteiger partial charge is 0.220 e. The Hall–Kier alpha value is -2.24. The number of likely N-dealkylation sites (tertiary alicyclic amines) is 1. The zero-order chi connectivity index (χ0) is 19.2. The van der Waals surface area contributed by atoms with Crippen molar-refractivity contribution in [2.24, 2.45) is 0 Å². The number of hydrogen-bond donors (Lipinski definition) is 1. The van der Waals surface area contributed by atoms with Gasteiger partial charge in [-0.05, 0) is 62.0 Å². The van der Waals surface area contributed by atoms with Gasteiger partial charge in [0, 0.05) is 19.5 Å². The Morgan fingerprint density at radius 2 is 1.79 bits per heavy atom. The number of aryl methyl sites for hydroxylation is 1. The van der Waals surface area contributed by atoms with Gasteiger partial charge in [-0.25, -0.2) is 4.98 Å². The van der Waals surface area contributed by atoms with E-state index in [4.69, 9.17) is 0 Å². The summed E-state index contributed by atoms with van der Waals surface area (Å²) in [5.74, 6) is 0.113. The topological polar surface area (TPSA) is 45.2 Å². The fraction of sp³-hybridized carbons (Fsp3) is 0.391. The summed E-state index contributed by atoms with van der Waals surface area (Å²) < 4.78 is 1.22. The van der Waals surface area contributed by atoms with Crippen molar-refractivity contribution in [3.05, 3.63) is 64.7 Å². The quantitative estimate of drug-likeness (QED) is 0.611. The number of para-hydroxylation sites is 1. The van der Waals surface area contributed by atoms with Gasteiger partial charge in [-0.2, -0.15) is 0 Å². The monoisotopic (exact) mass is 393 g/mol. The SMILES string of the molecule is O=C(CCCc1nc2ccccc2s1)NCc1ccc(CN2CCCC2)cc1. The van der Waals surface area contributed by atoms with Crippen LogP contribution in [0.15, 0.2) is 48.5 Å². The number of benzene rings is 2. The van der Waals surface area contributed by atoms with E-state index in [-0.39, 0.29) is 5.91 Å². The molecule has 1 amide bonds. The molecule has 1 aromatic heterocycles. The van der Waals surface area contributed by atoms with Gasteiger partial charge < -0.3 is 5.32 Å². The third-order valence-electron chi connectivity index (χ3n) is 5.25.